The van der Waals surface area contributed by atoms with E-state index < -0.39 is 12.8 Å². The van der Waals surface area contributed by atoms with Crippen LogP contribution in [0.15, 0.2) is 29.7 Å². The lowest BCUT2D eigenvalue weighted by Gasteiger charge is -2.07. The molecule has 0 atom stereocenters. The van der Waals surface area contributed by atoms with Crippen LogP contribution in [0.2, 0.25) is 0 Å². The minimum Gasteiger partial charge on any atom is -0.481 e. The molecule has 0 N–H and O–H groups in total. The zero-order valence-corrected chi connectivity index (χ0v) is 8.24. The number of hydrogen-bond donors (Lipinski definition) is 0. The third-order valence-corrected chi connectivity index (χ3v) is 1.42. The van der Waals surface area contributed by atoms with Crippen molar-refractivity contribution in [2.24, 2.45) is 0 Å². The number of alkyl halides is 3. The van der Waals surface area contributed by atoms with Crippen molar-refractivity contribution >= 4 is 0 Å². The van der Waals surface area contributed by atoms with Crippen molar-refractivity contribution in [3.8, 4) is 0 Å². The van der Waals surface area contributed by atoms with Gasteiger partial charge in [-0.3, -0.25) is 0 Å². The van der Waals surface area contributed by atoms with Crippen molar-refractivity contribution in [2.45, 2.75) is 26.4 Å². The Morgan fingerprint density at radius 3 is 2.43 bits per heavy atom. The molecule has 0 aliphatic heterocycles. The Hall–Kier alpha value is -1.15. The van der Waals surface area contributed by atoms with Crippen molar-refractivity contribution in [3.05, 3.63) is 29.7 Å². The van der Waals surface area contributed by atoms with Gasteiger partial charge in [-0.1, -0.05) is 25.3 Å². The van der Waals surface area contributed by atoms with Crippen LogP contribution < -0.4 is 0 Å². The van der Waals surface area contributed by atoms with Gasteiger partial charge in [0.15, 0.2) is 6.61 Å². The van der Waals surface area contributed by atoms with E-state index in [2.05, 4.69) is 17.0 Å². The van der Waals surface area contributed by atoms with Crippen LogP contribution in [-0.2, 0) is 4.74 Å². The lowest BCUT2D eigenvalue weighted by molar-refractivity contribution is -0.164. The molecule has 80 valence electrons. The van der Waals surface area contributed by atoms with Crippen molar-refractivity contribution < 1.29 is 17.9 Å². The zero-order chi connectivity index (χ0) is 11.2. The molecule has 0 aromatic rings. The maximum atomic E-state index is 11.7. The van der Waals surface area contributed by atoms with Crippen LogP contribution in [0.3, 0.4) is 0 Å². The predicted molar refractivity (Wildman–Crippen MR) is 48.7 cm³/mol. The van der Waals surface area contributed by atoms with Crippen LogP contribution in [0.1, 0.15) is 20.3 Å². The minimum absolute atomic E-state index is 0.124. The summed E-state index contributed by atoms with van der Waals surface area (Å²) in [5.41, 5.74) is 3.41. The summed E-state index contributed by atoms with van der Waals surface area (Å²) in [7, 11) is 0. The molecule has 0 aliphatic carbocycles. The monoisotopic (exact) mass is 206 g/mol. The van der Waals surface area contributed by atoms with E-state index in [1.807, 2.05) is 6.92 Å². The van der Waals surface area contributed by atoms with Gasteiger partial charge in [-0.25, -0.2) is 0 Å². The fourth-order valence-corrected chi connectivity index (χ4v) is 0.736. The maximum absolute atomic E-state index is 11.7. The zero-order valence-electron chi connectivity index (χ0n) is 8.24. The fourth-order valence-electron chi connectivity index (χ4n) is 0.736. The quantitative estimate of drug-likeness (QED) is 0.388. The van der Waals surface area contributed by atoms with Crippen LogP contribution in [0.4, 0.5) is 13.2 Å². The molecule has 0 spiro atoms. The van der Waals surface area contributed by atoms with E-state index in [0.717, 1.165) is 5.57 Å². The molecule has 0 rings (SSSR count). The van der Waals surface area contributed by atoms with Gasteiger partial charge in [-0.05, 0) is 12.0 Å². The third kappa shape index (κ3) is 6.38. The number of rotatable bonds is 4. The van der Waals surface area contributed by atoms with Gasteiger partial charge in [0.2, 0.25) is 0 Å². The van der Waals surface area contributed by atoms with Gasteiger partial charge in [0.25, 0.3) is 0 Å². The molecule has 0 unspecified atom stereocenters. The first-order chi connectivity index (χ1) is 6.39. The van der Waals surface area contributed by atoms with Crippen molar-refractivity contribution in [2.75, 3.05) is 6.61 Å². The molecule has 0 aromatic heterocycles. The molecule has 14 heavy (non-hydrogen) atoms. The highest BCUT2D eigenvalue weighted by molar-refractivity contribution is 5.15. The summed E-state index contributed by atoms with van der Waals surface area (Å²) in [6.45, 7) is 5.52. The molecular formula is C10H13F3O. The Kier molecular flexibility index (Phi) is 5.10. The largest absolute Gasteiger partial charge is 0.481 e. The smallest absolute Gasteiger partial charge is 0.422 e. The van der Waals surface area contributed by atoms with Crippen molar-refractivity contribution in [1.82, 2.24) is 0 Å². The van der Waals surface area contributed by atoms with E-state index in [1.54, 1.807) is 6.08 Å². The van der Waals surface area contributed by atoms with E-state index >= 15 is 0 Å². The highest BCUT2D eigenvalue weighted by Gasteiger charge is 2.28. The summed E-state index contributed by atoms with van der Waals surface area (Å²) in [6.07, 6.45) is -2.10. The second-order valence-electron chi connectivity index (χ2n) is 2.67. The van der Waals surface area contributed by atoms with Gasteiger partial charge in [0, 0.05) is 6.92 Å². The molecule has 0 aliphatic rings. The van der Waals surface area contributed by atoms with Crippen LogP contribution >= 0.6 is 0 Å². The standard InChI is InChI=1S/C10H13F3O/c1-4-9(5-2)6-8(3)14-7-10(11,12)13/h4H,1,5,7H2,2-3H3. The second-order valence-corrected chi connectivity index (χ2v) is 2.67. The summed E-state index contributed by atoms with van der Waals surface area (Å²) in [5, 5.41) is 0. The number of ether oxygens (including phenoxy) is 1. The predicted octanol–water partition coefficient (Wildman–Crippen LogP) is 3.59. The van der Waals surface area contributed by atoms with Gasteiger partial charge in [-0.2, -0.15) is 13.2 Å². The first-order valence-corrected chi connectivity index (χ1v) is 4.17. The summed E-state index contributed by atoms with van der Waals surface area (Å²) >= 11 is 0. The van der Waals surface area contributed by atoms with Gasteiger partial charge in [0.05, 0.1) is 0 Å². The van der Waals surface area contributed by atoms with Crippen LogP contribution in [-0.4, -0.2) is 12.8 Å². The van der Waals surface area contributed by atoms with Gasteiger partial charge >= 0.3 is 6.18 Å². The molecule has 0 amide bonds. The van der Waals surface area contributed by atoms with Crippen LogP contribution in [0.5, 0.6) is 0 Å². The Labute approximate surface area is 81.6 Å². The Balaban J connectivity index is 4.40. The summed E-state index contributed by atoms with van der Waals surface area (Å²) in [6, 6.07) is 0. The van der Waals surface area contributed by atoms with Crippen LogP contribution in [0, 0.1) is 0 Å². The molecule has 0 fully saturated rings. The first-order valence-electron chi connectivity index (χ1n) is 4.17. The normalized spacial score (nSPS) is 10.4. The summed E-state index contributed by atoms with van der Waals surface area (Å²) in [5.74, 6) is 0.124. The van der Waals surface area contributed by atoms with Gasteiger partial charge in [-0.15, -0.1) is 0 Å². The molecule has 0 saturated carbocycles. The molecule has 0 heterocycles. The molecule has 0 bridgehead atoms. The van der Waals surface area contributed by atoms with E-state index in [0.29, 0.717) is 6.42 Å². The third-order valence-electron chi connectivity index (χ3n) is 1.42. The highest BCUT2D eigenvalue weighted by Crippen LogP contribution is 2.16. The van der Waals surface area contributed by atoms with E-state index in [9.17, 15) is 13.2 Å². The topological polar surface area (TPSA) is 9.23 Å². The Morgan fingerprint density at radius 1 is 1.50 bits per heavy atom. The minimum atomic E-state index is -4.30. The summed E-state index contributed by atoms with van der Waals surface area (Å²) in [4.78, 5) is 0. The van der Waals surface area contributed by atoms with E-state index in [1.165, 1.54) is 6.92 Å². The second kappa shape index (κ2) is 5.55. The number of allylic oxidation sites excluding steroid dienone is 2. The maximum Gasteiger partial charge on any atom is 0.422 e. The molecule has 1 nitrogen and oxygen atoms in total. The van der Waals surface area contributed by atoms with E-state index in [4.69, 9.17) is 0 Å². The lowest BCUT2D eigenvalue weighted by Crippen LogP contribution is -2.15. The van der Waals surface area contributed by atoms with E-state index in [-0.39, 0.29) is 5.76 Å². The van der Waals surface area contributed by atoms with Crippen molar-refractivity contribution in [3.63, 3.8) is 0 Å². The first kappa shape index (κ1) is 12.8. The molecule has 0 aromatic carbocycles. The lowest BCUT2D eigenvalue weighted by atomic mass is 10.2. The average molecular weight is 206 g/mol. The Bertz CT molecular complexity index is 257. The van der Waals surface area contributed by atoms with Gasteiger partial charge < -0.3 is 4.74 Å². The molecule has 0 radical (unpaired) electrons. The van der Waals surface area contributed by atoms with Gasteiger partial charge in [0.1, 0.15) is 5.76 Å². The fraction of sp³-hybridized carbons (Fsp3) is 0.500. The highest BCUT2D eigenvalue weighted by atomic mass is 19.4. The SMILES string of the molecule is C=CC(=C=C(C)OCC(F)(F)F)CC. The molecular weight excluding hydrogens is 193 g/mol. The molecule has 4 heteroatoms. The summed E-state index contributed by atoms with van der Waals surface area (Å²) < 4.78 is 39.6. The average Bonchev–Trinajstić information content (AvgIpc) is 2.09. The van der Waals surface area contributed by atoms with Crippen molar-refractivity contribution in [1.29, 1.82) is 0 Å². The van der Waals surface area contributed by atoms with Crippen LogP contribution in [0.25, 0.3) is 0 Å². The number of hydrogen-bond acceptors (Lipinski definition) is 1. The molecule has 0 saturated heterocycles. The Morgan fingerprint density at radius 2 is 2.07 bits per heavy atom. The number of halogens is 3.